The van der Waals surface area contributed by atoms with Crippen LogP contribution >= 0.6 is 15.9 Å². The predicted molar refractivity (Wildman–Crippen MR) is 100 cm³/mol. The molecule has 3 heteroatoms. The zero-order valence-electron chi connectivity index (χ0n) is 15.3. The molecule has 134 valence electrons. The Morgan fingerprint density at radius 2 is 1.88 bits per heavy atom. The summed E-state index contributed by atoms with van der Waals surface area (Å²) in [5.41, 5.74) is 1.92. The highest BCUT2D eigenvalue weighted by molar-refractivity contribution is 9.10. The second-order valence-corrected chi connectivity index (χ2v) is 10.9. The Morgan fingerprint density at radius 3 is 2.58 bits per heavy atom. The SMILES string of the molecule is CC(=O)C1(Br)CCC2C3CC=C4CC(O)CCC4(C)C3CCC21C. The molecule has 0 aromatic heterocycles. The van der Waals surface area contributed by atoms with Crippen LogP contribution in [0.25, 0.3) is 0 Å². The number of carbonyl (C=O) groups excluding carboxylic acids is 1. The van der Waals surface area contributed by atoms with Crippen molar-refractivity contribution in [2.45, 2.75) is 82.6 Å². The normalized spacial score (nSPS) is 53.6. The van der Waals surface area contributed by atoms with Crippen molar-refractivity contribution in [2.75, 3.05) is 0 Å². The maximum atomic E-state index is 12.4. The molecule has 4 rings (SSSR count). The molecule has 4 aliphatic carbocycles. The van der Waals surface area contributed by atoms with Crippen LogP contribution in [-0.4, -0.2) is 21.3 Å². The standard InChI is InChI=1S/C21H31BrO2/c1-13(23)21(22)11-8-18-16-5-4-14-12-15(24)6-9-19(14,2)17(16)7-10-20(18,21)3/h4,15-18,24H,5-12H2,1-3H3. The second-order valence-electron chi connectivity index (χ2n) is 9.51. The third-order valence-corrected chi connectivity index (χ3v) is 10.6. The fourth-order valence-electron chi connectivity index (χ4n) is 7.20. The number of hydrogen-bond acceptors (Lipinski definition) is 2. The molecule has 2 nitrogen and oxygen atoms in total. The van der Waals surface area contributed by atoms with Crippen LogP contribution in [-0.2, 0) is 4.79 Å². The molecule has 0 amide bonds. The fraction of sp³-hybridized carbons (Fsp3) is 0.857. The summed E-state index contributed by atoms with van der Waals surface area (Å²) in [6, 6.07) is 0. The van der Waals surface area contributed by atoms with Gasteiger partial charge in [0.25, 0.3) is 0 Å². The maximum absolute atomic E-state index is 12.4. The molecular formula is C21H31BrO2. The number of rotatable bonds is 1. The first-order chi connectivity index (χ1) is 11.2. The lowest BCUT2D eigenvalue weighted by molar-refractivity contribution is -0.124. The van der Waals surface area contributed by atoms with E-state index in [9.17, 15) is 9.90 Å². The second kappa shape index (κ2) is 5.42. The van der Waals surface area contributed by atoms with E-state index in [4.69, 9.17) is 0 Å². The van der Waals surface area contributed by atoms with Gasteiger partial charge in [0, 0.05) is 0 Å². The monoisotopic (exact) mass is 394 g/mol. The summed E-state index contributed by atoms with van der Waals surface area (Å²) in [5.74, 6) is 2.43. The smallest absolute Gasteiger partial charge is 0.147 e. The molecule has 1 N–H and O–H groups in total. The molecular weight excluding hydrogens is 364 g/mol. The highest BCUT2D eigenvalue weighted by Gasteiger charge is 2.64. The van der Waals surface area contributed by atoms with Crippen molar-refractivity contribution < 1.29 is 9.90 Å². The van der Waals surface area contributed by atoms with E-state index in [0.29, 0.717) is 17.6 Å². The summed E-state index contributed by atoms with van der Waals surface area (Å²) in [6.07, 6.45) is 11.1. The molecule has 4 aliphatic rings. The Balaban J connectivity index is 1.69. The Bertz CT molecular complexity index is 599. The molecule has 0 aromatic carbocycles. The van der Waals surface area contributed by atoms with Gasteiger partial charge < -0.3 is 5.11 Å². The molecule has 0 radical (unpaired) electrons. The fourth-order valence-corrected chi connectivity index (χ4v) is 7.93. The van der Waals surface area contributed by atoms with Gasteiger partial charge in [-0.2, -0.15) is 0 Å². The molecule has 0 saturated heterocycles. The highest BCUT2D eigenvalue weighted by atomic mass is 79.9. The number of alkyl halides is 1. The molecule has 3 saturated carbocycles. The minimum absolute atomic E-state index is 0.107. The molecule has 3 fully saturated rings. The average molecular weight is 395 g/mol. The molecule has 0 spiro atoms. The molecule has 0 aromatic rings. The first-order valence-corrected chi connectivity index (χ1v) is 10.6. The van der Waals surface area contributed by atoms with Crippen molar-refractivity contribution in [3.8, 4) is 0 Å². The van der Waals surface area contributed by atoms with E-state index in [1.54, 1.807) is 6.92 Å². The number of halogens is 1. The van der Waals surface area contributed by atoms with Crippen molar-refractivity contribution in [2.24, 2.45) is 28.6 Å². The Hall–Kier alpha value is -0.150. The van der Waals surface area contributed by atoms with Crippen molar-refractivity contribution in [3.63, 3.8) is 0 Å². The minimum atomic E-state index is -0.302. The van der Waals surface area contributed by atoms with Gasteiger partial charge in [0.1, 0.15) is 5.78 Å². The van der Waals surface area contributed by atoms with Crippen LogP contribution in [0, 0.1) is 28.6 Å². The largest absolute Gasteiger partial charge is 0.393 e. The van der Waals surface area contributed by atoms with Crippen LogP contribution in [0.5, 0.6) is 0 Å². The lowest BCUT2D eigenvalue weighted by Crippen LogP contribution is -2.54. The predicted octanol–water partition coefficient (Wildman–Crippen LogP) is 5.03. The summed E-state index contributed by atoms with van der Waals surface area (Å²) in [4.78, 5) is 12.4. The van der Waals surface area contributed by atoms with Gasteiger partial charge >= 0.3 is 0 Å². The number of aliphatic hydroxyl groups is 1. The van der Waals surface area contributed by atoms with Gasteiger partial charge in [-0.3, -0.25) is 4.79 Å². The van der Waals surface area contributed by atoms with Gasteiger partial charge in [0.05, 0.1) is 10.4 Å². The molecule has 24 heavy (non-hydrogen) atoms. The summed E-state index contributed by atoms with van der Waals surface area (Å²) in [7, 11) is 0. The molecule has 0 bridgehead atoms. The van der Waals surface area contributed by atoms with Gasteiger partial charge in [-0.25, -0.2) is 0 Å². The van der Waals surface area contributed by atoms with Crippen LogP contribution in [0.15, 0.2) is 11.6 Å². The van der Waals surface area contributed by atoms with Crippen LogP contribution in [0.2, 0.25) is 0 Å². The van der Waals surface area contributed by atoms with Crippen LogP contribution < -0.4 is 0 Å². The quantitative estimate of drug-likeness (QED) is 0.499. The molecule has 7 unspecified atom stereocenters. The van der Waals surface area contributed by atoms with Gasteiger partial charge in [-0.15, -0.1) is 0 Å². The Kier molecular flexibility index (Phi) is 3.90. The zero-order chi connectivity index (χ0) is 17.3. The lowest BCUT2D eigenvalue weighted by atomic mass is 9.47. The number of fused-ring (bicyclic) bond motifs is 5. The molecule has 7 atom stereocenters. The lowest BCUT2D eigenvalue weighted by Gasteiger charge is -2.58. The number of aliphatic hydroxyl groups excluding tert-OH is 1. The number of carbonyl (C=O) groups is 1. The van der Waals surface area contributed by atoms with Crippen molar-refractivity contribution in [1.82, 2.24) is 0 Å². The number of allylic oxidation sites excluding steroid dienone is 1. The van der Waals surface area contributed by atoms with Gasteiger partial charge in [-0.05, 0) is 86.9 Å². The molecule has 0 heterocycles. The van der Waals surface area contributed by atoms with Crippen molar-refractivity contribution >= 4 is 21.7 Å². The van der Waals surface area contributed by atoms with Gasteiger partial charge in [-0.1, -0.05) is 41.4 Å². The zero-order valence-corrected chi connectivity index (χ0v) is 16.9. The van der Waals surface area contributed by atoms with E-state index in [1.807, 2.05) is 0 Å². The van der Waals surface area contributed by atoms with E-state index >= 15 is 0 Å². The van der Waals surface area contributed by atoms with Crippen LogP contribution in [0.3, 0.4) is 0 Å². The van der Waals surface area contributed by atoms with E-state index < -0.39 is 0 Å². The van der Waals surface area contributed by atoms with E-state index in [1.165, 1.54) is 18.4 Å². The topological polar surface area (TPSA) is 37.3 Å². The summed E-state index contributed by atoms with van der Waals surface area (Å²) in [6.45, 7) is 6.62. The Labute approximate surface area is 154 Å². The Morgan fingerprint density at radius 1 is 1.17 bits per heavy atom. The van der Waals surface area contributed by atoms with E-state index in [2.05, 4.69) is 35.9 Å². The maximum Gasteiger partial charge on any atom is 0.147 e. The number of Topliss-reactive ketones (excluding diaryl/α,β-unsaturated/α-hetero) is 1. The third kappa shape index (κ3) is 2.06. The third-order valence-electron chi connectivity index (χ3n) is 8.73. The highest BCUT2D eigenvalue weighted by Crippen LogP contribution is 2.69. The molecule has 0 aliphatic heterocycles. The van der Waals surface area contributed by atoms with Crippen molar-refractivity contribution in [3.05, 3.63) is 11.6 Å². The summed E-state index contributed by atoms with van der Waals surface area (Å²) < 4.78 is -0.302. The number of hydrogen-bond donors (Lipinski definition) is 1. The van der Waals surface area contributed by atoms with E-state index in [-0.39, 0.29) is 21.3 Å². The van der Waals surface area contributed by atoms with E-state index in [0.717, 1.165) is 44.4 Å². The number of ketones is 1. The summed E-state index contributed by atoms with van der Waals surface area (Å²) in [5, 5.41) is 10.1. The van der Waals surface area contributed by atoms with Gasteiger partial charge in [0.2, 0.25) is 0 Å². The first kappa shape index (κ1) is 17.3. The average Bonchev–Trinajstić information content (AvgIpc) is 2.81. The van der Waals surface area contributed by atoms with Crippen LogP contribution in [0.4, 0.5) is 0 Å². The first-order valence-electron chi connectivity index (χ1n) is 9.80. The van der Waals surface area contributed by atoms with Crippen LogP contribution in [0.1, 0.15) is 72.1 Å². The van der Waals surface area contributed by atoms with Crippen molar-refractivity contribution in [1.29, 1.82) is 0 Å². The summed E-state index contributed by atoms with van der Waals surface area (Å²) >= 11 is 3.92. The van der Waals surface area contributed by atoms with Gasteiger partial charge in [0.15, 0.2) is 0 Å². The minimum Gasteiger partial charge on any atom is -0.393 e.